The van der Waals surface area contributed by atoms with Gasteiger partial charge in [0, 0.05) is 19.4 Å². The highest BCUT2D eigenvalue weighted by Crippen LogP contribution is 2.13. The van der Waals surface area contributed by atoms with E-state index in [0.717, 1.165) is 38.9 Å². The van der Waals surface area contributed by atoms with Crippen molar-refractivity contribution >= 4 is 0 Å². The van der Waals surface area contributed by atoms with E-state index >= 15 is 0 Å². The van der Waals surface area contributed by atoms with Gasteiger partial charge in [0.25, 0.3) is 0 Å². The maximum Gasteiger partial charge on any atom is 0.157 e. The Morgan fingerprint density at radius 3 is 2.45 bits per heavy atom. The second kappa shape index (κ2) is 13.5. The zero-order valence-electron chi connectivity index (χ0n) is 13.3. The lowest BCUT2D eigenvalue weighted by Crippen LogP contribution is -2.22. The predicted molar refractivity (Wildman–Crippen MR) is 84.5 cm³/mol. The van der Waals surface area contributed by atoms with Crippen LogP contribution in [0.5, 0.6) is 0 Å². The molecule has 0 amide bonds. The molecule has 0 N–H and O–H groups in total. The number of hydrogen-bond donors (Lipinski definition) is 0. The van der Waals surface area contributed by atoms with E-state index < -0.39 is 0 Å². The van der Waals surface area contributed by atoms with Crippen molar-refractivity contribution in [3.8, 4) is 11.8 Å². The van der Waals surface area contributed by atoms with E-state index in [9.17, 15) is 0 Å². The predicted octanol–water partition coefficient (Wildman–Crippen LogP) is 5.06. The van der Waals surface area contributed by atoms with Crippen LogP contribution in [0.25, 0.3) is 0 Å². The molecule has 1 aliphatic rings. The van der Waals surface area contributed by atoms with Crippen LogP contribution in [0.2, 0.25) is 0 Å². The average molecular weight is 280 g/mol. The van der Waals surface area contributed by atoms with Crippen LogP contribution in [-0.2, 0) is 9.47 Å². The normalized spacial score (nSPS) is 18.6. The fourth-order valence-electron chi connectivity index (χ4n) is 2.39. The van der Waals surface area contributed by atoms with Crippen molar-refractivity contribution in [2.24, 2.45) is 0 Å². The van der Waals surface area contributed by atoms with Crippen molar-refractivity contribution in [1.82, 2.24) is 0 Å². The van der Waals surface area contributed by atoms with Gasteiger partial charge in [-0.3, -0.25) is 0 Å². The van der Waals surface area contributed by atoms with Gasteiger partial charge < -0.3 is 9.47 Å². The molecule has 20 heavy (non-hydrogen) atoms. The molecule has 0 spiro atoms. The zero-order chi connectivity index (χ0) is 14.3. The minimum atomic E-state index is 0.0554. The summed E-state index contributed by atoms with van der Waals surface area (Å²) in [7, 11) is 0. The van der Waals surface area contributed by atoms with Crippen LogP contribution < -0.4 is 0 Å². The number of ether oxygens (including phenoxy) is 2. The molecular weight excluding hydrogens is 248 g/mol. The summed E-state index contributed by atoms with van der Waals surface area (Å²) in [5, 5.41) is 0. The zero-order valence-corrected chi connectivity index (χ0v) is 13.3. The summed E-state index contributed by atoms with van der Waals surface area (Å²) < 4.78 is 11.2. The maximum atomic E-state index is 5.68. The van der Waals surface area contributed by atoms with E-state index in [1.165, 1.54) is 51.4 Å². The van der Waals surface area contributed by atoms with Crippen LogP contribution in [0.3, 0.4) is 0 Å². The molecule has 1 rings (SSSR count). The third kappa shape index (κ3) is 10.3. The van der Waals surface area contributed by atoms with E-state index in [0.29, 0.717) is 0 Å². The summed E-state index contributed by atoms with van der Waals surface area (Å²) in [6.45, 7) is 3.91. The Morgan fingerprint density at radius 2 is 1.70 bits per heavy atom. The summed E-state index contributed by atoms with van der Waals surface area (Å²) in [5.74, 6) is 6.53. The van der Waals surface area contributed by atoms with Crippen molar-refractivity contribution < 1.29 is 9.47 Å². The molecule has 0 aromatic carbocycles. The van der Waals surface area contributed by atoms with Gasteiger partial charge in [0.2, 0.25) is 0 Å². The van der Waals surface area contributed by atoms with Crippen LogP contribution in [0.15, 0.2) is 0 Å². The van der Waals surface area contributed by atoms with Gasteiger partial charge in [-0.1, -0.05) is 39.0 Å². The second-order valence-corrected chi connectivity index (χ2v) is 5.64. The van der Waals surface area contributed by atoms with Gasteiger partial charge >= 0.3 is 0 Å². The van der Waals surface area contributed by atoms with Gasteiger partial charge in [-0.2, -0.15) is 0 Å². The summed E-state index contributed by atoms with van der Waals surface area (Å²) in [6.07, 6.45) is 14.7. The van der Waals surface area contributed by atoms with Crippen molar-refractivity contribution in [3.05, 3.63) is 0 Å². The molecule has 0 bridgehead atoms. The molecule has 116 valence electrons. The maximum absolute atomic E-state index is 5.68. The van der Waals surface area contributed by atoms with E-state index in [-0.39, 0.29) is 6.29 Å². The number of rotatable bonds is 10. The standard InChI is InChI=1S/C18H32O2/c1-2-3-4-5-6-7-8-9-10-11-13-16-19-18-15-12-14-17-20-18/h18H,2-8,11-17H2,1H3. The Balaban J connectivity index is 1.80. The van der Waals surface area contributed by atoms with E-state index in [1.807, 2.05) is 0 Å². The van der Waals surface area contributed by atoms with Gasteiger partial charge in [-0.05, 0) is 32.1 Å². The first-order valence-electron chi connectivity index (χ1n) is 8.62. The van der Waals surface area contributed by atoms with Gasteiger partial charge in [0.05, 0.1) is 6.61 Å². The molecule has 2 heteroatoms. The molecule has 0 aromatic rings. The van der Waals surface area contributed by atoms with Gasteiger partial charge in [-0.25, -0.2) is 0 Å². The minimum absolute atomic E-state index is 0.0554. The smallest absolute Gasteiger partial charge is 0.157 e. The van der Waals surface area contributed by atoms with Crippen LogP contribution in [0.1, 0.15) is 84.0 Å². The molecule has 0 aromatic heterocycles. The van der Waals surface area contributed by atoms with Crippen LogP contribution in [-0.4, -0.2) is 19.5 Å². The first-order chi connectivity index (χ1) is 9.93. The Morgan fingerprint density at radius 1 is 0.950 bits per heavy atom. The van der Waals surface area contributed by atoms with Crippen LogP contribution >= 0.6 is 0 Å². The van der Waals surface area contributed by atoms with Gasteiger partial charge in [0.15, 0.2) is 6.29 Å². The SMILES string of the molecule is CCCCCCCCC#CCCCOC1CCCCO1. The lowest BCUT2D eigenvalue weighted by atomic mass is 10.1. The van der Waals surface area contributed by atoms with Crippen LogP contribution in [0, 0.1) is 11.8 Å². The summed E-state index contributed by atoms with van der Waals surface area (Å²) >= 11 is 0. The van der Waals surface area contributed by atoms with Crippen molar-refractivity contribution in [3.63, 3.8) is 0 Å². The fraction of sp³-hybridized carbons (Fsp3) is 0.889. The molecule has 0 aliphatic carbocycles. The quantitative estimate of drug-likeness (QED) is 0.411. The van der Waals surface area contributed by atoms with Crippen molar-refractivity contribution in [2.75, 3.05) is 13.2 Å². The second-order valence-electron chi connectivity index (χ2n) is 5.64. The molecule has 1 atom stereocenters. The Labute approximate surface area is 125 Å². The number of hydrogen-bond acceptors (Lipinski definition) is 2. The van der Waals surface area contributed by atoms with Crippen molar-refractivity contribution in [1.29, 1.82) is 0 Å². The lowest BCUT2D eigenvalue weighted by Gasteiger charge is -2.22. The molecule has 1 aliphatic heterocycles. The first-order valence-corrected chi connectivity index (χ1v) is 8.62. The summed E-state index contributed by atoms with van der Waals surface area (Å²) in [6, 6.07) is 0. The fourth-order valence-corrected chi connectivity index (χ4v) is 2.39. The Hall–Kier alpha value is -0.520. The minimum Gasteiger partial charge on any atom is -0.353 e. The molecular formula is C18H32O2. The van der Waals surface area contributed by atoms with E-state index in [2.05, 4.69) is 18.8 Å². The van der Waals surface area contributed by atoms with Crippen molar-refractivity contribution in [2.45, 2.75) is 90.3 Å². The molecule has 1 saturated heterocycles. The van der Waals surface area contributed by atoms with Gasteiger partial charge in [0.1, 0.15) is 0 Å². The molecule has 1 unspecified atom stereocenters. The van der Waals surface area contributed by atoms with Gasteiger partial charge in [-0.15, -0.1) is 11.8 Å². The monoisotopic (exact) mass is 280 g/mol. The lowest BCUT2D eigenvalue weighted by molar-refractivity contribution is -0.162. The molecule has 2 nitrogen and oxygen atoms in total. The Kier molecular flexibility index (Phi) is 11.8. The highest BCUT2D eigenvalue weighted by Gasteiger charge is 2.12. The third-order valence-electron chi connectivity index (χ3n) is 3.67. The third-order valence-corrected chi connectivity index (χ3v) is 3.67. The highest BCUT2D eigenvalue weighted by molar-refractivity contribution is 4.98. The molecule has 0 saturated carbocycles. The number of unbranched alkanes of at least 4 members (excludes halogenated alkanes) is 7. The van der Waals surface area contributed by atoms with E-state index in [1.54, 1.807) is 0 Å². The highest BCUT2D eigenvalue weighted by atomic mass is 16.7. The van der Waals surface area contributed by atoms with E-state index in [4.69, 9.17) is 9.47 Å². The first kappa shape index (κ1) is 17.5. The Bertz CT molecular complexity index is 258. The average Bonchev–Trinajstić information content (AvgIpc) is 2.49. The summed E-state index contributed by atoms with van der Waals surface area (Å²) in [5.41, 5.74) is 0. The molecule has 0 radical (unpaired) electrons. The topological polar surface area (TPSA) is 18.5 Å². The largest absolute Gasteiger partial charge is 0.353 e. The molecule has 1 fully saturated rings. The summed E-state index contributed by atoms with van der Waals surface area (Å²) in [4.78, 5) is 0. The molecule has 1 heterocycles. The van der Waals surface area contributed by atoms with Crippen LogP contribution in [0.4, 0.5) is 0 Å².